The Morgan fingerprint density at radius 2 is 2.05 bits per heavy atom. The van der Waals surface area contributed by atoms with Crippen LogP contribution in [-0.4, -0.2) is 17.0 Å². The summed E-state index contributed by atoms with van der Waals surface area (Å²) in [5.41, 5.74) is 1.76. The average molecular weight is 448 g/mol. The second kappa shape index (κ2) is 5.55. The molecule has 3 rings (SSSR count). The normalized spacial score (nSPS) is 14.4. The quantitative estimate of drug-likeness (QED) is 0.700. The number of nitrogens with zero attached hydrogens (tertiary/aromatic N) is 2. The maximum Gasteiger partial charge on any atom is 0.161 e. The first kappa shape index (κ1) is 14.2. The molecule has 2 aromatic rings. The van der Waals surface area contributed by atoms with Crippen LogP contribution in [0.25, 0.3) is 11.4 Å². The molecule has 3 nitrogen and oxygen atoms in total. The molecule has 0 spiro atoms. The largest absolute Gasteiger partial charge is 0.372 e. The molecule has 1 aliphatic rings. The van der Waals surface area contributed by atoms with Gasteiger partial charge in [0, 0.05) is 23.0 Å². The van der Waals surface area contributed by atoms with E-state index in [0.29, 0.717) is 21.8 Å². The van der Waals surface area contributed by atoms with E-state index in [2.05, 4.69) is 53.8 Å². The molecule has 0 saturated heterocycles. The van der Waals surface area contributed by atoms with Gasteiger partial charge in [0.1, 0.15) is 11.6 Å². The second-order valence-electron chi connectivity index (χ2n) is 4.78. The van der Waals surface area contributed by atoms with Crippen LogP contribution in [0, 0.1) is 9.39 Å². The second-order valence-corrected chi connectivity index (χ2v) is 6.77. The van der Waals surface area contributed by atoms with Crippen molar-refractivity contribution in [3.05, 3.63) is 37.8 Å². The van der Waals surface area contributed by atoms with Gasteiger partial charge in [0.2, 0.25) is 0 Å². The number of hydrogen-bond acceptors (Lipinski definition) is 3. The predicted octanol–water partition coefficient (Wildman–Crippen LogP) is 4.57. The number of halogens is 3. The minimum atomic E-state index is -0.296. The van der Waals surface area contributed by atoms with E-state index in [1.54, 1.807) is 0 Å². The molecular weight excluding hydrogens is 436 g/mol. The van der Waals surface area contributed by atoms with Crippen molar-refractivity contribution in [2.45, 2.75) is 18.8 Å². The Balaban J connectivity index is 2.15. The van der Waals surface area contributed by atoms with E-state index in [9.17, 15) is 4.39 Å². The first-order valence-corrected chi connectivity index (χ1v) is 8.17. The van der Waals surface area contributed by atoms with Gasteiger partial charge >= 0.3 is 0 Å². The first-order valence-electron chi connectivity index (χ1n) is 6.30. The minimum absolute atomic E-state index is 0.296. The Morgan fingerprint density at radius 1 is 1.30 bits per heavy atom. The minimum Gasteiger partial charge on any atom is -0.372 e. The molecule has 0 aliphatic heterocycles. The summed E-state index contributed by atoms with van der Waals surface area (Å²) in [6.45, 7) is 0. The fraction of sp³-hybridized carbons (Fsp3) is 0.286. The molecule has 1 aromatic heterocycles. The van der Waals surface area contributed by atoms with Crippen molar-refractivity contribution in [1.29, 1.82) is 0 Å². The van der Waals surface area contributed by atoms with Crippen molar-refractivity contribution in [2.24, 2.45) is 0 Å². The molecule has 104 valence electrons. The Labute approximate surface area is 138 Å². The van der Waals surface area contributed by atoms with Gasteiger partial charge in [-0.05, 0) is 53.6 Å². The van der Waals surface area contributed by atoms with Gasteiger partial charge in [0.25, 0.3) is 0 Å². The van der Waals surface area contributed by atoms with Gasteiger partial charge in [0.15, 0.2) is 5.82 Å². The number of hydrogen-bond donors (Lipinski definition) is 1. The maximum absolute atomic E-state index is 13.5. The number of nitrogens with one attached hydrogen (secondary N) is 1. The van der Waals surface area contributed by atoms with E-state index in [1.165, 1.54) is 25.0 Å². The van der Waals surface area contributed by atoms with Crippen LogP contribution in [-0.2, 0) is 0 Å². The molecule has 0 atom stereocenters. The van der Waals surface area contributed by atoms with Crippen LogP contribution in [0.15, 0.2) is 22.7 Å². The summed E-state index contributed by atoms with van der Waals surface area (Å²) in [5.74, 6) is 1.60. The third-order valence-electron chi connectivity index (χ3n) is 3.20. The van der Waals surface area contributed by atoms with Gasteiger partial charge < -0.3 is 5.32 Å². The predicted molar refractivity (Wildman–Crippen MR) is 89.4 cm³/mol. The summed E-state index contributed by atoms with van der Waals surface area (Å²) >= 11 is 5.58. The Kier molecular flexibility index (Phi) is 3.94. The zero-order valence-electron chi connectivity index (χ0n) is 10.8. The highest BCUT2D eigenvalue weighted by Crippen LogP contribution is 2.43. The third kappa shape index (κ3) is 2.81. The zero-order chi connectivity index (χ0) is 14.3. The first-order chi connectivity index (χ1) is 9.58. The molecule has 0 bridgehead atoms. The maximum atomic E-state index is 13.5. The lowest BCUT2D eigenvalue weighted by Crippen LogP contribution is -2.04. The van der Waals surface area contributed by atoms with Crippen LogP contribution >= 0.6 is 38.5 Å². The summed E-state index contributed by atoms with van der Waals surface area (Å²) in [4.78, 5) is 9.15. The molecule has 20 heavy (non-hydrogen) atoms. The molecule has 1 N–H and O–H groups in total. The van der Waals surface area contributed by atoms with Gasteiger partial charge in [-0.1, -0.05) is 15.9 Å². The fourth-order valence-electron chi connectivity index (χ4n) is 2.07. The molecule has 1 fully saturated rings. The van der Waals surface area contributed by atoms with E-state index in [-0.39, 0.29) is 5.82 Å². The van der Waals surface area contributed by atoms with Gasteiger partial charge in [-0.2, -0.15) is 0 Å². The van der Waals surface area contributed by atoms with Crippen molar-refractivity contribution in [3.8, 4) is 11.4 Å². The molecule has 0 radical (unpaired) electrons. The summed E-state index contributed by atoms with van der Waals surface area (Å²) in [7, 11) is 1.84. The van der Waals surface area contributed by atoms with Crippen LogP contribution in [0.5, 0.6) is 0 Å². The number of aromatic nitrogens is 2. The molecule has 0 unspecified atom stereocenters. The lowest BCUT2D eigenvalue weighted by Gasteiger charge is -2.11. The molecule has 0 amide bonds. The molecule has 1 saturated carbocycles. The van der Waals surface area contributed by atoms with Crippen molar-refractivity contribution < 1.29 is 4.39 Å². The van der Waals surface area contributed by atoms with Crippen molar-refractivity contribution in [2.75, 3.05) is 12.4 Å². The van der Waals surface area contributed by atoms with E-state index in [4.69, 9.17) is 0 Å². The highest BCUT2D eigenvalue weighted by molar-refractivity contribution is 14.1. The number of anilines is 1. The standard InChI is InChI=1S/C14H12BrFIN3/c1-18-14-11(17)12(7-2-3-7)19-13(20-14)8-4-9(15)6-10(16)5-8/h4-7H,2-3H2,1H3,(H,18,19,20). The van der Waals surface area contributed by atoms with Crippen LogP contribution < -0.4 is 5.32 Å². The lowest BCUT2D eigenvalue weighted by molar-refractivity contribution is 0.627. The highest BCUT2D eigenvalue weighted by atomic mass is 127. The SMILES string of the molecule is CNc1nc(-c2cc(F)cc(Br)c2)nc(C2CC2)c1I. The van der Waals surface area contributed by atoms with Crippen LogP contribution in [0.4, 0.5) is 10.2 Å². The van der Waals surface area contributed by atoms with Crippen molar-refractivity contribution in [1.82, 2.24) is 9.97 Å². The Hall–Kier alpha value is -0.760. The van der Waals surface area contributed by atoms with E-state index >= 15 is 0 Å². The monoisotopic (exact) mass is 447 g/mol. The van der Waals surface area contributed by atoms with Gasteiger partial charge in [-0.3, -0.25) is 0 Å². The van der Waals surface area contributed by atoms with Crippen LogP contribution in [0.2, 0.25) is 0 Å². The average Bonchev–Trinajstić information content (AvgIpc) is 3.22. The zero-order valence-corrected chi connectivity index (χ0v) is 14.5. The van der Waals surface area contributed by atoms with Crippen LogP contribution in [0.1, 0.15) is 24.5 Å². The molecule has 1 aromatic carbocycles. The molecular formula is C14H12BrFIN3. The number of rotatable bonds is 3. The van der Waals surface area contributed by atoms with E-state index < -0.39 is 0 Å². The third-order valence-corrected chi connectivity index (χ3v) is 4.72. The lowest BCUT2D eigenvalue weighted by atomic mass is 10.2. The molecule has 1 heterocycles. The van der Waals surface area contributed by atoms with E-state index in [1.807, 2.05) is 13.1 Å². The van der Waals surface area contributed by atoms with Crippen molar-refractivity contribution in [3.63, 3.8) is 0 Å². The van der Waals surface area contributed by atoms with E-state index in [0.717, 1.165) is 15.1 Å². The topological polar surface area (TPSA) is 37.8 Å². The van der Waals surface area contributed by atoms with Crippen molar-refractivity contribution >= 4 is 44.3 Å². The van der Waals surface area contributed by atoms with Gasteiger partial charge in [-0.15, -0.1) is 0 Å². The Bertz CT molecular complexity index is 653. The smallest absolute Gasteiger partial charge is 0.161 e. The summed E-state index contributed by atoms with van der Waals surface area (Å²) < 4.78 is 15.3. The van der Waals surface area contributed by atoms with Gasteiger partial charge in [-0.25, -0.2) is 14.4 Å². The summed E-state index contributed by atoms with van der Waals surface area (Å²) in [6.07, 6.45) is 2.34. The number of benzene rings is 1. The summed E-state index contributed by atoms with van der Waals surface area (Å²) in [5, 5.41) is 3.09. The highest BCUT2D eigenvalue weighted by Gasteiger charge is 2.29. The summed E-state index contributed by atoms with van der Waals surface area (Å²) in [6, 6.07) is 4.72. The fourth-order valence-corrected chi connectivity index (χ4v) is 3.49. The van der Waals surface area contributed by atoms with Gasteiger partial charge in [0.05, 0.1) is 9.26 Å². The molecule has 6 heteroatoms. The molecule has 1 aliphatic carbocycles. The Morgan fingerprint density at radius 3 is 2.65 bits per heavy atom. The van der Waals surface area contributed by atoms with Crippen LogP contribution in [0.3, 0.4) is 0 Å².